The molecule has 1 saturated heterocycles. The fourth-order valence-corrected chi connectivity index (χ4v) is 3.62. The van der Waals surface area contributed by atoms with Crippen molar-refractivity contribution >= 4 is 11.5 Å². The number of likely N-dealkylation sites (N-methyl/N-ethyl adjacent to an activating group) is 1. The van der Waals surface area contributed by atoms with Crippen molar-refractivity contribution in [2.24, 2.45) is 0 Å². The fraction of sp³-hybridized carbons (Fsp3) is 0.474. The van der Waals surface area contributed by atoms with Crippen LogP contribution in [0.5, 0.6) is 0 Å². The van der Waals surface area contributed by atoms with Gasteiger partial charge < -0.3 is 4.90 Å². The summed E-state index contributed by atoms with van der Waals surface area (Å²) in [7, 11) is 2.08. The third-order valence-electron chi connectivity index (χ3n) is 5.34. The van der Waals surface area contributed by atoms with E-state index in [1.165, 1.54) is 12.8 Å². The molecule has 0 N–H and O–H groups in total. The molecule has 1 aromatic heterocycles. The lowest BCUT2D eigenvalue weighted by Crippen LogP contribution is -2.35. The van der Waals surface area contributed by atoms with E-state index in [1.54, 1.807) is 12.1 Å². The van der Waals surface area contributed by atoms with Crippen LogP contribution in [0.2, 0.25) is 0 Å². The minimum absolute atomic E-state index is 0.203. The van der Waals surface area contributed by atoms with E-state index in [2.05, 4.69) is 21.8 Å². The van der Waals surface area contributed by atoms with Crippen molar-refractivity contribution < 1.29 is 4.92 Å². The molecule has 7 heteroatoms. The molecule has 2 aromatic rings. The van der Waals surface area contributed by atoms with Crippen LogP contribution in [0.3, 0.4) is 0 Å². The number of para-hydroxylation sites is 1. The number of nitro groups is 1. The Morgan fingerprint density at radius 2 is 2.08 bits per heavy atom. The Kier molecular flexibility index (Phi) is 4.55. The minimum Gasteiger partial charge on any atom is -0.355 e. The average Bonchev–Trinajstić information content (AvgIpc) is 3.41. The van der Waals surface area contributed by atoms with Crippen LogP contribution in [0.15, 0.2) is 36.5 Å². The molecule has 0 bridgehead atoms. The fourth-order valence-electron chi connectivity index (χ4n) is 3.62. The minimum atomic E-state index is -0.296. The van der Waals surface area contributed by atoms with Crippen molar-refractivity contribution in [3.8, 4) is 0 Å². The van der Waals surface area contributed by atoms with Gasteiger partial charge in [-0.25, -0.2) is 9.97 Å². The lowest BCUT2D eigenvalue weighted by molar-refractivity contribution is -0.385. The largest absolute Gasteiger partial charge is 0.355 e. The number of nitrogens with zero attached hydrogens (tertiary/aromatic N) is 5. The van der Waals surface area contributed by atoms with Gasteiger partial charge in [0.05, 0.1) is 4.92 Å². The van der Waals surface area contributed by atoms with Gasteiger partial charge in [-0.05, 0) is 25.3 Å². The Bertz CT molecular complexity index is 808. The summed E-state index contributed by atoms with van der Waals surface area (Å²) in [6.07, 6.45) is 5.27. The highest BCUT2D eigenvalue weighted by atomic mass is 16.6. The summed E-state index contributed by atoms with van der Waals surface area (Å²) in [5.74, 6) is 2.48. The first-order valence-electron chi connectivity index (χ1n) is 9.12. The molecule has 1 unspecified atom stereocenters. The normalized spacial score (nSPS) is 20.3. The van der Waals surface area contributed by atoms with Crippen LogP contribution in [0.1, 0.15) is 36.6 Å². The highest BCUT2D eigenvalue weighted by molar-refractivity contribution is 5.41. The lowest BCUT2D eigenvalue weighted by Gasteiger charge is -2.26. The van der Waals surface area contributed by atoms with Crippen molar-refractivity contribution in [3.63, 3.8) is 0 Å². The van der Waals surface area contributed by atoms with E-state index in [9.17, 15) is 10.1 Å². The molecular formula is C19H23N5O2. The van der Waals surface area contributed by atoms with Gasteiger partial charge in [0, 0.05) is 56.5 Å². The molecule has 2 fully saturated rings. The van der Waals surface area contributed by atoms with Gasteiger partial charge in [0.2, 0.25) is 0 Å². The van der Waals surface area contributed by atoms with E-state index in [4.69, 9.17) is 4.98 Å². The van der Waals surface area contributed by atoms with E-state index in [0.29, 0.717) is 18.5 Å². The topological polar surface area (TPSA) is 75.4 Å². The SMILES string of the molecule is CN(c1ccnc(C2CC2)n1)C1CCN(Cc2ccccc2[N+](=O)[O-])C1. The van der Waals surface area contributed by atoms with Crippen molar-refractivity contribution in [2.75, 3.05) is 25.0 Å². The van der Waals surface area contributed by atoms with Crippen LogP contribution in [-0.4, -0.2) is 46.0 Å². The average molecular weight is 353 g/mol. The van der Waals surface area contributed by atoms with Crippen LogP contribution < -0.4 is 4.90 Å². The second kappa shape index (κ2) is 6.99. The number of hydrogen-bond acceptors (Lipinski definition) is 6. The molecule has 136 valence electrons. The first-order valence-corrected chi connectivity index (χ1v) is 9.12. The molecular weight excluding hydrogens is 330 g/mol. The number of rotatable bonds is 6. The Hall–Kier alpha value is -2.54. The molecule has 1 aromatic carbocycles. The first-order chi connectivity index (χ1) is 12.6. The van der Waals surface area contributed by atoms with Gasteiger partial charge in [-0.1, -0.05) is 18.2 Å². The van der Waals surface area contributed by atoms with Gasteiger partial charge in [0.1, 0.15) is 11.6 Å². The summed E-state index contributed by atoms with van der Waals surface area (Å²) < 4.78 is 0. The molecule has 0 spiro atoms. The summed E-state index contributed by atoms with van der Waals surface area (Å²) in [4.78, 5) is 24.6. The van der Waals surface area contributed by atoms with E-state index < -0.39 is 0 Å². The molecule has 1 atom stereocenters. The molecule has 2 heterocycles. The number of nitro benzene ring substituents is 1. The van der Waals surface area contributed by atoms with E-state index in [-0.39, 0.29) is 10.6 Å². The molecule has 1 saturated carbocycles. The zero-order chi connectivity index (χ0) is 18.1. The van der Waals surface area contributed by atoms with E-state index in [0.717, 1.165) is 36.7 Å². The molecule has 4 rings (SSSR count). The maximum atomic E-state index is 11.2. The van der Waals surface area contributed by atoms with Crippen LogP contribution in [0.25, 0.3) is 0 Å². The number of hydrogen-bond donors (Lipinski definition) is 0. The van der Waals surface area contributed by atoms with Crippen molar-refractivity contribution in [1.29, 1.82) is 0 Å². The summed E-state index contributed by atoms with van der Waals surface area (Å²) in [6.45, 7) is 2.42. The van der Waals surface area contributed by atoms with E-state index in [1.807, 2.05) is 24.4 Å². The van der Waals surface area contributed by atoms with Crippen LogP contribution in [-0.2, 0) is 6.54 Å². The predicted octanol–water partition coefficient (Wildman–Crippen LogP) is 2.97. The summed E-state index contributed by atoms with van der Waals surface area (Å²) in [5, 5.41) is 11.2. The number of aromatic nitrogens is 2. The molecule has 26 heavy (non-hydrogen) atoms. The van der Waals surface area contributed by atoms with Gasteiger partial charge >= 0.3 is 0 Å². The molecule has 1 aliphatic heterocycles. The highest BCUT2D eigenvalue weighted by Gasteiger charge is 2.30. The maximum Gasteiger partial charge on any atom is 0.273 e. The second-order valence-corrected chi connectivity index (χ2v) is 7.22. The Labute approximate surface area is 152 Å². The van der Waals surface area contributed by atoms with Crippen LogP contribution >= 0.6 is 0 Å². The smallest absolute Gasteiger partial charge is 0.273 e. The Balaban J connectivity index is 1.42. The third kappa shape index (κ3) is 3.53. The first kappa shape index (κ1) is 16.9. The quantitative estimate of drug-likeness (QED) is 0.587. The van der Waals surface area contributed by atoms with Crippen LogP contribution in [0, 0.1) is 10.1 Å². The van der Waals surface area contributed by atoms with Gasteiger partial charge in [0.15, 0.2) is 0 Å². The van der Waals surface area contributed by atoms with Crippen molar-refractivity contribution in [2.45, 2.75) is 37.8 Å². The summed E-state index contributed by atoms with van der Waals surface area (Å²) in [6, 6.07) is 9.34. The monoisotopic (exact) mass is 353 g/mol. The number of anilines is 1. The zero-order valence-corrected chi connectivity index (χ0v) is 14.9. The predicted molar refractivity (Wildman–Crippen MR) is 99.2 cm³/mol. The second-order valence-electron chi connectivity index (χ2n) is 7.22. The van der Waals surface area contributed by atoms with Crippen molar-refractivity contribution in [1.82, 2.24) is 14.9 Å². The third-order valence-corrected chi connectivity index (χ3v) is 5.34. The molecule has 7 nitrogen and oxygen atoms in total. The van der Waals surface area contributed by atoms with Gasteiger partial charge in [0.25, 0.3) is 5.69 Å². The zero-order valence-electron chi connectivity index (χ0n) is 14.9. The van der Waals surface area contributed by atoms with Gasteiger partial charge in [-0.15, -0.1) is 0 Å². The Morgan fingerprint density at radius 3 is 2.85 bits per heavy atom. The van der Waals surface area contributed by atoms with Gasteiger partial charge in [-0.3, -0.25) is 15.0 Å². The molecule has 0 radical (unpaired) electrons. The Morgan fingerprint density at radius 1 is 1.27 bits per heavy atom. The standard InChI is InChI=1S/C19H23N5O2/c1-22(18-8-10-20-19(21-18)14-6-7-14)16-9-11-23(13-16)12-15-4-2-3-5-17(15)24(25)26/h2-5,8,10,14,16H,6-7,9,11-13H2,1H3. The van der Waals surface area contributed by atoms with Crippen molar-refractivity contribution in [3.05, 3.63) is 58.0 Å². The molecule has 2 aliphatic rings. The number of benzene rings is 1. The summed E-state index contributed by atoms with van der Waals surface area (Å²) in [5.41, 5.74) is 0.980. The summed E-state index contributed by atoms with van der Waals surface area (Å²) >= 11 is 0. The maximum absolute atomic E-state index is 11.2. The number of likely N-dealkylation sites (tertiary alicyclic amines) is 1. The molecule has 1 aliphatic carbocycles. The van der Waals surface area contributed by atoms with E-state index >= 15 is 0 Å². The molecule has 0 amide bonds. The highest BCUT2D eigenvalue weighted by Crippen LogP contribution is 2.38. The van der Waals surface area contributed by atoms with Crippen LogP contribution in [0.4, 0.5) is 11.5 Å². The lowest BCUT2D eigenvalue weighted by atomic mass is 10.1. The van der Waals surface area contributed by atoms with Gasteiger partial charge in [-0.2, -0.15) is 0 Å².